The van der Waals surface area contributed by atoms with Gasteiger partial charge in [0.2, 0.25) is 0 Å². The van der Waals surface area contributed by atoms with E-state index in [1.165, 1.54) is 11.1 Å². The van der Waals surface area contributed by atoms with E-state index in [-0.39, 0.29) is 5.56 Å². The van der Waals surface area contributed by atoms with Crippen molar-refractivity contribution in [1.29, 1.82) is 0 Å². The average molecular weight is 327 g/mol. The first-order valence-electron chi connectivity index (χ1n) is 6.40. The van der Waals surface area contributed by atoms with Crippen molar-refractivity contribution in [3.63, 3.8) is 0 Å². The maximum Gasteiger partial charge on any atom is 0.283 e. The van der Waals surface area contributed by atoms with Gasteiger partial charge in [-0.2, -0.15) is 5.10 Å². The van der Waals surface area contributed by atoms with E-state index in [0.717, 1.165) is 25.3 Å². The molecule has 1 aromatic rings. The first-order valence-corrected chi connectivity index (χ1v) is 7.20. The lowest BCUT2D eigenvalue weighted by Crippen LogP contribution is -2.25. The molecule has 1 unspecified atom stereocenters. The maximum absolute atomic E-state index is 12.0. The van der Waals surface area contributed by atoms with Gasteiger partial charge in [0, 0.05) is 13.1 Å². The molecular formula is C13H19BrN4O. The number of nitrogens with zero attached hydrogens (tertiary/aromatic N) is 3. The molecule has 2 rings (SSSR count). The first kappa shape index (κ1) is 14.3. The zero-order chi connectivity index (χ0) is 13.8. The minimum atomic E-state index is -0.131. The summed E-state index contributed by atoms with van der Waals surface area (Å²) in [5.74, 6) is 0.632. The van der Waals surface area contributed by atoms with Crippen molar-refractivity contribution in [2.45, 2.75) is 13.0 Å². The smallest absolute Gasteiger partial charge is 0.283 e. The number of anilines is 1. The fraction of sp³-hybridized carbons (Fsp3) is 0.538. The Labute approximate surface area is 121 Å². The minimum absolute atomic E-state index is 0.131. The summed E-state index contributed by atoms with van der Waals surface area (Å²) < 4.78 is 1.92. The van der Waals surface area contributed by atoms with Crippen LogP contribution in [0.1, 0.15) is 6.42 Å². The molecule has 104 valence electrons. The van der Waals surface area contributed by atoms with E-state index in [4.69, 9.17) is 0 Å². The van der Waals surface area contributed by atoms with Gasteiger partial charge in [0.25, 0.3) is 5.56 Å². The molecule has 1 fully saturated rings. The highest BCUT2D eigenvalue weighted by Crippen LogP contribution is 2.19. The number of nitrogens with one attached hydrogen (secondary N) is 1. The maximum atomic E-state index is 12.0. The first-order chi connectivity index (χ1) is 9.11. The number of allylic oxidation sites excluding steroid dienone is 1. The molecule has 0 spiro atoms. The van der Waals surface area contributed by atoms with E-state index in [1.807, 2.05) is 0 Å². The van der Waals surface area contributed by atoms with Gasteiger partial charge in [-0.25, -0.2) is 4.68 Å². The van der Waals surface area contributed by atoms with Gasteiger partial charge in [0.15, 0.2) is 0 Å². The second-order valence-electron chi connectivity index (χ2n) is 4.95. The normalized spacial score (nSPS) is 19.6. The van der Waals surface area contributed by atoms with Gasteiger partial charge in [-0.1, -0.05) is 6.08 Å². The highest BCUT2D eigenvalue weighted by molar-refractivity contribution is 9.10. The number of likely N-dealkylation sites (tertiary alicyclic amines) is 1. The highest BCUT2D eigenvalue weighted by atomic mass is 79.9. The summed E-state index contributed by atoms with van der Waals surface area (Å²) in [5, 5.41) is 7.43. The molecule has 0 radical (unpaired) electrons. The summed E-state index contributed by atoms with van der Waals surface area (Å²) >= 11 is 3.34. The Morgan fingerprint density at radius 2 is 2.47 bits per heavy atom. The summed E-state index contributed by atoms with van der Waals surface area (Å²) in [6.45, 7) is 7.15. The molecule has 1 aliphatic heterocycles. The van der Waals surface area contributed by atoms with Crippen LogP contribution in [-0.4, -0.2) is 41.4 Å². The summed E-state index contributed by atoms with van der Waals surface area (Å²) in [6, 6.07) is 0. The van der Waals surface area contributed by atoms with Gasteiger partial charge < -0.3 is 10.2 Å². The molecule has 1 N–H and O–H groups in total. The molecule has 1 aliphatic rings. The lowest BCUT2D eigenvalue weighted by molar-refractivity contribution is 0.399. The van der Waals surface area contributed by atoms with Crippen molar-refractivity contribution in [2.24, 2.45) is 5.92 Å². The molecule has 1 saturated heterocycles. The molecule has 0 bridgehead atoms. The van der Waals surface area contributed by atoms with Crippen LogP contribution in [0.5, 0.6) is 0 Å². The predicted molar refractivity (Wildman–Crippen MR) is 80.5 cm³/mol. The quantitative estimate of drug-likeness (QED) is 0.834. The van der Waals surface area contributed by atoms with E-state index in [1.54, 1.807) is 12.3 Å². The number of halogens is 1. The lowest BCUT2D eigenvalue weighted by Gasteiger charge is -2.14. The lowest BCUT2D eigenvalue weighted by atomic mass is 10.1. The molecular weight excluding hydrogens is 308 g/mol. The summed E-state index contributed by atoms with van der Waals surface area (Å²) in [5.41, 5.74) is 0.633. The van der Waals surface area contributed by atoms with E-state index < -0.39 is 0 Å². The van der Waals surface area contributed by atoms with Crippen LogP contribution in [-0.2, 0) is 6.54 Å². The number of aromatic nitrogens is 2. The van der Waals surface area contributed by atoms with Gasteiger partial charge in [-0.3, -0.25) is 4.79 Å². The zero-order valence-corrected chi connectivity index (χ0v) is 12.7. The Kier molecular flexibility index (Phi) is 4.76. The highest BCUT2D eigenvalue weighted by Gasteiger charge is 2.19. The Hall–Kier alpha value is -1.14. The van der Waals surface area contributed by atoms with Crippen LogP contribution in [0.2, 0.25) is 0 Å². The minimum Gasteiger partial charge on any atom is -0.382 e. The SMILES string of the molecule is C=CCn1ncc(NCC2CCN(C)C2)c(Br)c1=O. The van der Waals surface area contributed by atoms with Gasteiger partial charge in [0.05, 0.1) is 18.4 Å². The topological polar surface area (TPSA) is 50.2 Å². The molecule has 1 atom stereocenters. The number of rotatable bonds is 5. The van der Waals surface area contributed by atoms with Gasteiger partial charge >= 0.3 is 0 Å². The largest absolute Gasteiger partial charge is 0.382 e. The molecule has 0 saturated carbocycles. The third-order valence-corrected chi connectivity index (χ3v) is 4.12. The van der Waals surface area contributed by atoms with Crippen molar-refractivity contribution < 1.29 is 0 Å². The molecule has 2 heterocycles. The van der Waals surface area contributed by atoms with Crippen LogP contribution in [0.3, 0.4) is 0 Å². The van der Waals surface area contributed by atoms with E-state index >= 15 is 0 Å². The molecule has 0 aliphatic carbocycles. The second kappa shape index (κ2) is 6.34. The third-order valence-electron chi connectivity index (χ3n) is 3.36. The van der Waals surface area contributed by atoms with Crippen molar-refractivity contribution in [2.75, 3.05) is 32.0 Å². The molecule has 0 aromatic carbocycles. The van der Waals surface area contributed by atoms with Crippen molar-refractivity contribution >= 4 is 21.6 Å². The monoisotopic (exact) mass is 326 g/mol. The Balaban J connectivity index is 2.03. The van der Waals surface area contributed by atoms with Crippen LogP contribution in [0.4, 0.5) is 5.69 Å². The molecule has 1 aromatic heterocycles. The van der Waals surface area contributed by atoms with Gasteiger partial charge in [-0.05, 0) is 41.9 Å². The fourth-order valence-electron chi connectivity index (χ4n) is 2.29. The van der Waals surface area contributed by atoms with Gasteiger partial charge in [-0.15, -0.1) is 6.58 Å². The summed E-state index contributed by atoms with van der Waals surface area (Å²) in [6.07, 6.45) is 4.54. The van der Waals surface area contributed by atoms with Crippen LogP contribution in [0.15, 0.2) is 28.1 Å². The van der Waals surface area contributed by atoms with E-state index in [2.05, 4.69) is 44.9 Å². The predicted octanol–water partition coefficient (Wildman–Crippen LogP) is 1.56. The summed E-state index contributed by atoms with van der Waals surface area (Å²) in [4.78, 5) is 14.3. The average Bonchev–Trinajstić information content (AvgIpc) is 2.80. The molecule has 5 nitrogen and oxygen atoms in total. The Morgan fingerprint density at radius 3 is 3.11 bits per heavy atom. The fourth-order valence-corrected chi connectivity index (χ4v) is 2.74. The number of hydrogen-bond donors (Lipinski definition) is 1. The molecule has 0 amide bonds. The molecule has 19 heavy (non-hydrogen) atoms. The Bertz CT molecular complexity index is 514. The Morgan fingerprint density at radius 1 is 1.68 bits per heavy atom. The standard InChI is InChI=1S/C13H19BrN4O/c1-3-5-18-13(19)12(14)11(8-16-18)15-7-10-4-6-17(2)9-10/h3,8,10,15H,1,4-7,9H2,2H3. The van der Waals surface area contributed by atoms with Crippen LogP contribution < -0.4 is 10.9 Å². The van der Waals surface area contributed by atoms with Crippen LogP contribution in [0.25, 0.3) is 0 Å². The number of hydrogen-bond acceptors (Lipinski definition) is 4. The molecule has 6 heteroatoms. The van der Waals surface area contributed by atoms with Gasteiger partial charge in [0.1, 0.15) is 4.47 Å². The second-order valence-corrected chi connectivity index (χ2v) is 5.74. The van der Waals surface area contributed by atoms with E-state index in [0.29, 0.717) is 16.9 Å². The van der Waals surface area contributed by atoms with Crippen molar-refractivity contribution in [1.82, 2.24) is 14.7 Å². The third kappa shape index (κ3) is 3.45. The van der Waals surface area contributed by atoms with Crippen molar-refractivity contribution in [3.8, 4) is 0 Å². The van der Waals surface area contributed by atoms with Crippen LogP contribution >= 0.6 is 15.9 Å². The van der Waals surface area contributed by atoms with Crippen LogP contribution in [0, 0.1) is 5.92 Å². The van der Waals surface area contributed by atoms with Crippen molar-refractivity contribution in [3.05, 3.63) is 33.7 Å². The zero-order valence-electron chi connectivity index (χ0n) is 11.1. The van der Waals surface area contributed by atoms with E-state index in [9.17, 15) is 4.79 Å². The summed E-state index contributed by atoms with van der Waals surface area (Å²) in [7, 11) is 2.13.